The highest BCUT2D eigenvalue weighted by atomic mass is 35.5. The van der Waals surface area contributed by atoms with Crippen molar-refractivity contribution in [2.75, 3.05) is 0 Å². The van der Waals surface area contributed by atoms with Gasteiger partial charge in [-0.1, -0.05) is 54.1 Å². The Bertz CT molecular complexity index is 486. The van der Waals surface area contributed by atoms with Crippen LogP contribution in [0.1, 0.15) is 0 Å². The van der Waals surface area contributed by atoms with E-state index in [1.165, 1.54) is 0 Å². The van der Waals surface area contributed by atoms with Gasteiger partial charge in [0, 0.05) is 5.02 Å². The minimum atomic E-state index is -1.47. The van der Waals surface area contributed by atoms with Crippen LogP contribution in [0.25, 0.3) is 11.1 Å². The van der Waals surface area contributed by atoms with Crippen LogP contribution >= 0.6 is 11.6 Å². The average Bonchev–Trinajstić information content (AvgIpc) is 2.30. The van der Waals surface area contributed by atoms with E-state index in [0.29, 0.717) is 10.5 Å². The molecule has 80 valence electrons. The molecule has 2 aromatic rings. The number of rotatable bonds is 2. The first kappa shape index (κ1) is 11.2. The van der Waals surface area contributed by atoms with Gasteiger partial charge in [-0.15, -0.1) is 0 Å². The maximum absolute atomic E-state index is 9.10. The molecule has 2 aromatic carbocycles. The largest absolute Gasteiger partial charge is 0.488 e. The molecule has 0 aliphatic carbocycles. The van der Waals surface area contributed by atoms with Crippen molar-refractivity contribution in [3.05, 3.63) is 53.6 Å². The van der Waals surface area contributed by atoms with Crippen molar-refractivity contribution in [2.45, 2.75) is 0 Å². The second-order valence-corrected chi connectivity index (χ2v) is 3.89. The van der Waals surface area contributed by atoms with Crippen molar-refractivity contribution in [1.82, 2.24) is 0 Å². The fraction of sp³-hybridized carbons (Fsp3) is 0. The van der Waals surface area contributed by atoms with E-state index >= 15 is 0 Å². The topological polar surface area (TPSA) is 40.5 Å². The van der Waals surface area contributed by atoms with Crippen molar-refractivity contribution >= 4 is 24.2 Å². The summed E-state index contributed by atoms with van der Waals surface area (Å²) >= 11 is 6.07. The zero-order valence-corrected chi connectivity index (χ0v) is 9.22. The Morgan fingerprint density at radius 3 is 2.25 bits per heavy atom. The van der Waals surface area contributed by atoms with Crippen LogP contribution in [0.4, 0.5) is 0 Å². The van der Waals surface area contributed by atoms with Crippen LogP contribution in [0.15, 0.2) is 48.5 Å². The van der Waals surface area contributed by atoms with Gasteiger partial charge >= 0.3 is 7.12 Å². The smallest absolute Gasteiger partial charge is 0.423 e. The molecule has 0 bridgehead atoms. The summed E-state index contributed by atoms with van der Waals surface area (Å²) in [6.45, 7) is 0. The molecule has 0 spiro atoms. The van der Waals surface area contributed by atoms with Crippen LogP contribution in [-0.2, 0) is 0 Å². The molecule has 0 atom stereocenters. The van der Waals surface area contributed by atoms with E-state index in [-0.39, 0.29) is 0 Å². The number of benzene rings is 2. The summed E-state index contributed by atoms with van der Waals surface area (Å²) in [6, 6.07) is 14.5. The maximum atomic E-state index is 9.10. The molecule has 0 aliphatic rings. The van der Waals surface area contributed by atoms with Crippen LogP contribution in [0.3, 0.4) is 0 Å². The van der Waals surface area contributed by atoms with Gasteiger partial charge in [0.2, 0.25) is 0 Å². The van der Waals surface area contributed by atoms with E-state index in [4.69, 9.17) is 21.6 Å². The lowest BCUT2D eigenvalue weighted by Crippen LogP contribution is -2.29. The Morgan fingerprint density at radius 2 is 1.62 bits per heavy atom. The lowest BCUT2D eigenvalue weighted by Gasteiger charge is -2.07. The zero-order chi connectivity index (χ0) is 11.5. The van der Waals surface area contributed by atoms with Crippen LogP contribution in [0, 0.1) is 0 Å². The predicted octanol–water partition coefficient (Wildman–Crippen LogP) is 1.69. The molecule has 4 heteroatoms. The lowest BCUT2D eigenvalue weighted by atomic mass is 9.79. The Morgan fingerprint density at radius 1 is 0.938 bits per heavy atom. The van der Waals surface area contributed by atoms with Gasteiger partial charge < -0.3 is 10.0 Å². The molecule has 0 heterocycles. The second kappa shape index (κ2) is 4.70. The molecule has 0 aromatic heterocycles. The molecule has 2 N–H and O–H groups in total. The molecule has 16 heavy (non-hydrogen) atoms. The summed E-state index contributed by atoms with van der Waals surface area (Å²) in [6.07, 6.45) is 0. The molecule has 2 nitrogen and oxygen atoms in total. The van der Waals surface area contributed by atoms with Crippen molar-refractivity contribution in [3.8, 4) is 11.1 Å². The summed E-state index contributed by atoms with van der Waals surface area (Å²) in [5.41, 5.74) is 2.19. The van der Waals surface area contributed by atoms with Gasteiger partial charge in [-0.05, 0) is 22.7 Å². The van der Waals surface area contributed by atoms with Crippen molar-refractivity contribution in [2.24, 2.45) is 0 Å². The van der Waals surface area contributed by atoms with Gasteiger partial charge in [0.25, 0.3) is 0 Å². The highest BCUT2D eigenvalue weighted by Gasteiger charge is 2.13. The van der Waals surface area contributed by atoms with E-state index in [2.05, 4.69) is 0 Å². The van der Waals surface area contributed by atoms with Gasteiger partial charge in [0.1, 0.15) is 0 Å². The SMILES string of the molecule is OB(O)c1ccc(Cl)c(-c2ccccc2)c1. The molecule has 0 saturated carbocycles. The van der Waals surface area contributed by atoms with Crippen LogP contribution < -0.4 is 5.46 Å². The third-order valence-electron chi connectivity index (χ3n) is 2.37. The normalized spacial score (nSPS) is 10.2. The summed E-state index contributed by atoms with van der Waals surface area (Å²) in [5.74, 6) is 0. The number of hydrogen-bond acceptors (Lipinski definition) is 2. The van der Waals surface area contributed by atoms with Crippen LogP contribution in [0.5, 0.6) is 0 Å². The standard InChI is InChI=1S/C12H10BClO2/c14-12-7-6-10(13(15)16)8-11(12)9-4-2-1-3-5-9/h1-8,15-16H. The average molecular weight is 232 g/mol. The Labute approximate surface area is 99.3 Å². The minimum Gasteiger partial charge on any atom is -0.423 e. The molecule has 0 aliphatic heterocycles. The Balaban J connectivity index is 2.52. The Kier molecular flexibility index (Phi) is 3.29. The molecular weight excluding hydrogens is 222 g/mol. The highest BCUT2D eigenvalue weighted by molar-refractivity contribution is 6.58. The number of halogens is 1. The predicted molar refractivity (Wildman–Crippen MR) is 66.7 cm³/mol. The second-order valence-electron chi connectivity index (χ2n) is 3.48. The van der Waals surface area contributed by atoms with Crippen molar-refractivity contribution < 1.29 is 10.0 Å². The fourth-order valence-corrected chi connectivity index (χ4v) is 1.77. The molecule has 0 unspecified atom stereocenters. The zero-order valence-electron chi connectivity index (χ0n) is 8.47. The molecule has 0 amide bonds. The quantitative estimate of drug-likeness (QED) is 0.774. The number of hydrogen-bond donors (Lipinski definition) is 2. The third-order valence-corrected chi connectivity index (χ3v) is 2.70. The molecule has 2 rings (SSSR count). The first-order valence-electron chi connectivity index (χ1n) is 4.89. The van der Waals surface area contributed by atoms with Crippen LogP contribution in [0.2, 0.25) is 5.02 Å². The Hall–Kier alpha value is -1.29. The lowest BCUT2D eigenvalue weighted by molar-refractivity contribution is 0.426. The summed E-state index contributed by atoms with van der Waals surface area (Å²) in [4.78, 5) is 0. The van der Waals surface area contributed by atoms with Crippen molar-refractivity contribution in [1.29, 1.82) is 0 Å². The van der Waals surface area contributed by atoms with E-state index in [1.807, 2.05) is 30.3 Å². The maximum Gasteiger partial charge on any atom is 0.488 e. The summed E-state index contributed by atoms with van der Waals surface area (Å²) < 4.78 is 0. The minimum absolute atomic E-state index is 0.434. The molecule has 0 saturated heterocycles. The summed E-state index contributed by atoms with van der Waals surface area (Å²) in [5, 5.41) is 18.8. The van der Waals surface area contributed by atoms with Crippen LogP contribution in [-0.4, -0.2) is 17.2 Å². The highest BCUT2D eigenvalue weighted by Crippen LogP contribution is 2.26. The van der Waals surface area contributed by atoms with Gasteiger partial charge in [-0.3, -0.25) is 0 Å². The third kappa shape index (κ3) is 2.27. The van der Waals surface area contributed by atoms with E-state index in [9.17, 15) is 0 Å². The summed E-state index contributed by atoms with van der Waals surface area (Å²) in [7, 11) is -1.47. The first-order chi connectivity index (χ1) is 7.68. The molecule has 0 radical (unpaired) electrons. The van der Waals surface area contributed by atoms with Gasteiger partial charge in [-0.25, -0.2) is 0 Å². The molecular formula is C12H10BClO2. The van der Waals surface area contributed by atoms with Crippen molar-refractivity contribution in [3.63, 3.8) is 0 Å². The van der Waals surface area contributed by atoms with Gasteiger partial charge in [-0.2, -0.15) is 0 Å². The van der Waals surface area contributed by atoms with Gasteiger partial charge in [0.05, 0.1) is 0 Å². The van der Waals surface area contributed by atoms with E-state index in [1.54, 1.807) is 18.2 Å². The van der Waals surface area contributed by atoms with Gasteiger partial charge in [0.15, 0.2) is 0 Å². The van der Waals surface area contributed by atoms with E-state index < -0.39 is 7.12 Å². The fourth-order valence-electron chi connectivity index (χ4n) is 1.54. The molecule has 0 fully saturated rings. The first-order valence-corrected chi connectivity index (χ1v) is 5.27. The monoisotopic (exact) mass is 232 g/mol. The van der Waals surface area contributed by atoms with E-state index in [0.717, 1.165) is 11.1 Å².